The highest BCUT2D eigenvalue weighted by atomic mass is 32.1. The Morgan fingerprint density at radius 2 is 2.04 bits per heavy atom. The molecular formula is C18H19FN2O2S. The molecule has 0 saturated carbocycles. The van der Waals surface area contributed by atoms with Gasteiger partial charge in [0, 0.05) is 16.5 Å². The average Bonchev–Trinajstić information content (AvgIpc) is 3.23. The molecule has 0 radical (unpaired) electrons. The number of aromatic nitrogens is 1. The van der Waals surface area contributed by atoms with Gasteiger partial charge in [-0.3, -0.25) is 5.32 Å². The summed E-state index contributed by atoms with van der Waals surface area (Å²) < 4.78 is 18.4. The lowest BCUT2D eigenvalue weighted by Gasteiger charge is -2.19. The van der Waals surface area contributed by atoms with Gasteiger partial charge in [0.1, 0.15) is 16.6 Å². The van der Waals surface area contributed by atoms with Crippen LogP contribution in [0.4, 0.5) is 4.39 Å². The number of benzene rings is 1. The number of hydrogen-bond acceptors (Lipinski definition) is 5. The van der Waals surface area contributed by atoms with Crippen LogP contribution in [0.3, 0.4) is 0 Å². The van der Waals surface area contributed by atoms with Crippen molar-refractivity contribution in [2.24, 2.45) is 0 Å². The molecule has 0 aliphatic carbocycles. The zero-order valence-electron chi connectivity index (χ0n) is 13.5. The van der Waals surface area contributed by atoms with Gasteiger partial charge in [-0.15, -0.1) is 11.3 Å². The van der Waals surface area contributed by atoms with E-state index in [4.69, 9.17) is 4.42 Å². The molecule has 0 fully saturated rings. The zero-order chi connectivity index (χ0) is 17.1. The maximum absolute atomic E-state index is 13.1. The molecule has 0 aliphatic heterocycles. The fourth-order valence-electron chi connectivity index (χ4n) is 2.62. The molecular weight excluding hydrogens is 327 g/mol. The van der Waals surface area contributed by atoms with Gasteiger partial charge in [-0.25, -0.2) is 9.37 Å². The molecule has 0 saturated heterocycles. The molecule has 2 atom stereocenters. The number of aliphatic hydroxyl groups excluding tert-OH is 1. The maximum Gasteiger partial charge on any atom is 0.123 e. The standard InChI is InChI=1S/C18H19FN2O2S/c1-11(20-15(10-22)16-4-3-9-23-16)17-12(2)21-18(24-17)13-5-7-14(19)8-6-13/h3-9,11,15,20,22H,10H2,1-2H3. The van der Waals surface area contributed by atoms with E-state index in [0.29, 0.717) is 5.76 Å². The lowest BCUT2D eigenvalue weighted by atomic mass is 10.1. The number of thiazole rings is 1. The number of hydrogen-bond donors (Lipinski definition) is 2. The number of nitrogens with one attached hydrogen (secondary N) is 1. The fraction of sp³-hybridized carbons (Fsp3) is 0.278. The van der Waals surface area contributed by atoms with Gasteiger partial charge in [0.15, 0.2) is 0 Å². The van der Waals surface area contributed by atoms with E-state index in [1.807, 2.05) is 19.9 Å². The summed E-state index contributed by atoms with van der Waals surface area (Å²) in [6.07, 6.45) is 1.59. The van der Waals surface area contributed by atoms with Gasteiger partial charge >= 0.3 is 0 Å². The maximum atomic E-state index is 13.1. The summed E-state index contributed by atoms with van der Waals surface area (Å²) >= 11 is 1.57. The first-order valence-corrected chi connectivity index (χ1v) is 8.53. The van der Waals surface area contributed by atoms with Gasteiger partial charge < -0.3 is 9.52 Å². The number of nitrogens with zero attached hydrogens (tertiary/aromatic N) is 1. The quantitative estimate of drug-likeness (QED) is 0.701. The van der Waals surface area contributed by atoms with Crippen LogP contribution in [-0.2, 0) is 0 Å². The van der Waals surface area contributed by atoms with Crippen molar-refractivity contribution in [1.29, 1.82) is 0 Å². The van der Waals surface area contributed by atoms with E-state index >= 15 is 0 Å². The predicted octanol–water partition coefficient (Wildman–Crippen LogP) is 4.23. The summed E-state index contributed by atoms with van der Waals surface area (Å²) in [4.78, 5) is 5.68. The van der Waals surface area contributed by atoms with Crippen molar-refractivity contribution in [3.05, 3.63) is 64.8 Å². The Bertz CT molecular complexity index is 784. The van der Waals surface area contributed by atoms with Crippen LogP contribution in [0.25, 0.3) is 10.6 Å². The first kappa shape index (κ1) is 16.8. The fourth-order valence-corrected chi connectivity index (χ4v) is 3.70. The van der Waals surface area contributed by atoms with Gasteiger partial charge in [0.2, 0.25) is 0 Å². The van der Waals surface area contributed by atoms with Gasteiger partial charge in [-0.05, 0) is 50.2 Å². The van der Waals surface area contributed by atoms with Crippen LogP contribution in [0, 0.1) is 12.7 Å². The normalized spacial score (nSPS) is 13.8. The number of aryl methyl sites for hydroxylation is 1. The second kappa shape index (κ2) is 7.25. The Balaban J connectivity index is 1.80. The minimum absolute atomic E-state index is 0.000974. The molecule has 2 aromatic heterocycles. The number of aliphatic hydroxyl groups is 1. The van der Waals surface area contributed by atoms with E-state index in [9.17, 15) is 9.50 Å². The highest BCUT2D eigenvalue weighted by Crippen LogP contribution is 2.33. The second-order valence-electron chi connectivity index (χ2n) is 5.61. The van der Waals surface area contributed by atoms with Crippen LogP contribution < -0.4 is 5.32 Å². The van der Waals surface area contributed by atoms with E-state index in [1.165, 1.54) is 12.1 Å². The molecule has 126 valence electrons. The molecule has 2 unspecified atom stereocenters. The van der Waals surface area contributed by atoms with E-state index in [2.05, 4.69) is 10.3 Å². The van der Waals surface area contributed by atoms with Gasteiger partial charge in [0.05, 0.1) is 24.6 Å². The van der Waals surface area contributed by atoms with Crippen molar-refractivity contribution in [2.45, 2.75) is 25.9 Å². The lowest BCUT2D eigenvalue weighted by Crippen LogP contribution is -2.26. The molecule has 0 bridgehead atoms. The van der Waals surface area contributed by atoms with E-state index in [1.54, 1.807) is 35.8 Å². The Morgan fingerprint density at radius 1 is 1.29 bits per heavy atom. The molecule has 0 spiro atoms. The zero-order valence-corrected chi connectivity index (χ0v) is 14.3. The SMILES string of the molecule is Cc1nc(-c2ccc(F)cc2)sc1C(C)NC(CO)c1ccco1. The number of rotatable bonds is 6. The van der Waals surface area contributed by atoms with Gasteiger partial charge in [-0.2, -0.15) is 0 Å². The van der Waals surface area contributed by atoms with Crippen LogP contribution >= 0.6 is 11.3 Å². The molecule has 3 rings (SSSR count). The topological polar surface area (TPSA) is 58.3 Å². The third-order valence-electron chi connectivity index (χ3n) is 3.84. The largest absolute Gasteiger partial charge is 0.468 e. The monoisotopic (exact) mass is 346 g/mol. The summed E-state index contributed by atoms with van der Waals surface area (Å²) in [5, 5.41) is 13.8. The Kier molecular flexibility index (Phi) is 5.08. The van der Waals surface area contributed by atoms with E-state index in [0.717, 1.165) is 21.1 Å². The van der Waals surface area contributed by atoms with Crippen molar-refractivity contribution >= 4 is 11.3 Å². The number of halogens is 1. The molecule has 6 heteroatoms. The molecule has 0 aliphatic rings. The summed E-state index contributed by atoms with van der Waals surface area (Å²) in [5.41, 5.74) is 1.82. The average molecular weight is 346 g/mol. The Labute approximate surface area is 144 Å². The Morgan fingerprint density at radius 3 is 2.67 bits per heavy atom. The van der Waals surface area contributed by atoms with Gasteiger partial charge in [-0.1, -0.05) is 0 Å². The van der Waals surface area contributed by atoms with Crippen molar-refractivity contribution in [2.75, 3.05) is 6.61 Å². The minimum Gasteiger partial charge on any atom is -0.468 e. The van der Waals surface area contributed by atoms with Crippen LogP contribution in [0.5, 0.6) is 0 Å². The number of furan rings is 1. The minimum atomic E-state index is -0.272. The summed E-state index contributed by atoms with van der Waals surface area (Å²) in [7, 11) is 0. The summed E-state index contributed by atoms with van der Waals surface area (Å²) in [6.45, 7) is 3.93. The van der Waals surface area contributed by atoms with Crippen molar-refractivity contribution in [1.82, 2.24) is 10.3 Å². The molecule has 4 nitrogen and oxygen atoms in total. The highest BCUT2D eigenvalue weighted by Gasteiger charge is 2.20. The van der Waals surface area contributed by atoms with E-state index < -0.39 is 0 Å². The van der Waals surface area contributed by atoms with Crippen LogP contribution in [0.2, 0.25) is 0 Å². The predicted molar refractivity (Wildman–Crippen MR) is 92.3 cm³/mol. The molecule has 24 heavy (non-hydrogen) atoms. The first-order valence-electron chi connectivity index (χ1n) is 7.72. The van der Waals surface area contributed by atoms with Crippen LogP contribution in [-0.4, -0.2) is 16.7 Å². The van der Waals surface area contributed by atoms with Crippen molar-refractivity contribution in [3.63, 3.8) is 0 Å². The summed E-state index contributed by atoms with van der Waals surface area (Å²) in [6, 6.07) is 9.70. The smallest absolute Gasteiger partial charge is 0.123 e. The third kappa shape index (κ3) is 3.56. The van der Waals surface area contributed by atoms with Crippen molar-refractivity contribution < 1.29 is 13.9 Å². The van der Waals surface area contributed by atoms with Crippen LogP contribution in [0.1, 0.15) is 35.3 Å². The summed E-state index contributed by atoms with van der Waals surface area (Å²) in [5.74, 6) is 0.441. The molecule has 0 amide bonds. The lowest BCUT2D eigenvalue weighted by molar-refractivity contribution is 0.217. The first-order chi connectivity index (χ1) is 11.6. The molecule has 2 heterocycles. The highest BCUT2D eigenvalue weighted by molar-refractivity contribution is 7.15. The molecule has 3 aromatic rings. The Hall–Kier alpha value is -2.02. The second-order valence-corrected chi connectivity index (χ2v) is 6.65. The van der Waals surface area contributed by atoms with Crippen molar-refractivity contribution in [3.8, 4) is 10.6 Å². The third-order valence-corrected chi connectivity index (χ3v) is 5.23. The van der Waals surface area contributed by atoms with Crippen LogP contribution in [0.15, 0.2) is 47.1 Å². The molecule has 1 aromatic carbocycles. The van der Waals surface area contributed by atoms with E-state index in [-0.39, 0.29) is 24.5 Å². The van der Waals surface area contributed by atoms with Gasteiger partial charge in [0.25, 0.3) is 0 Å². The molecule has 2 N–H and O–H groups in total.